The van der Waals surface area contributed by atoms with Gasteiger partial charge in [0.1, 0.15) is 5.82 Å². The number of halogens is 1. The zero-order valence-electron chi connectivity index (χ0n) is 11.2. The summed E-state index contributed by atoms with van der Waals surface area (Å²) in [6, 6.07) is 3.99. The zero-order valence-corrected chi connectivity index (χ0v) is 11.2. The number of benzene rings is 1. The SMILES string of the molecule is CC1CCC(CNc2ccc(C(=O)O)cc2F)CC1. The molecule has 1 aliphatic rings. The molecule has 0 amide bonds. The lowest BCUT2D eigenvalue weighted by Gasteiger charge is -2.26. The van der Waals surface area contributed by atoms with Crippen LogP contribution in [-0.2, 0) is 0 Å². The normalized spacial score (nSPS) is 23.1. The van der Waals surface area contributed by atoms with Crippen molar-refractivity contribution in [1.82, 2.24) is 0 Å². The molecule has 1 fully saturated rings. The third-order valence-corrected chi connectivity index (χ3v) is 3.93. The van der Waals surface area contributed by atoms with Gasteiger partial charge in [-0.3, -0.25) is 0 Å². The second-order valence-electron chi connectivity index (χ2n) is 5.51. The van der Waals surface area contributed by atoms with Crippen molar-refractivity contribution in [3.8, 4) is 0 Å². The number of hydrogen-bond acceptors (Lipinski definition) is 2. The van der Waals surface area contributed by atoms with E-state index in [1.165, 1.54) is 37.8 Å². The van der Waals surface area contributed by atoms with Crippen LogP contribution in [-0.4, -0.2) is 17.6 Å². The molecule has 1 aromatic rings. The van der Waals surface area contributed by atoms with E-state index in [1.54, 1.807) is 0 Å². The molecule has 19 heavy (non-hydrogen) atoms. The molecule has 0 spiro atoms. The summed E-state index contributed by atoms with van der Waals surface area (Å²) in [5.74, 6) is -0.201. The number of carboxylic acids is 1. The van der Waals surface area contributed by atoms with Gasteiger partial charge in [0.25, 0.3) is 0 Å². The maximum Gasteiger partial charge on any atom is 0.335 e. The monoisotopic (exact) mass is 265 g/mol. The fourth-order valence-electron chi connectivity index (χ4n) is 2.58. The number of aromatic carboxylic acids is 1. The lowest BCUT2D eigenvalue weighted by atomic mass is 9.83. The number of nitrogens with one attached hydrogen (secondary N) is 1. The molecule has 0 saturated heterocycles. The fourth-order valence-corrected chi connectivity index (χ4v) is 2.58. The molecule has 4 heteroatoms. The van der Waals surface area contributed by atoms with E-state index in [-0.39, 0.29) is 5.56 Å². The molecular formula is C15H20FNO2. The van der Waals surface area contributed by atoms with Gasteiger partial charge in [0.2, 0.25) is 0 Å². The molecule has 104 valence electrons. The summed E-state index contributed by atoms with van der Waals surface area (Å²) in [6.45, 7) is 3.03. The minimum atomic E-state index is -1.10. The molecule has 1 aromatic carbocycles. The van der Waals surface area contributed by atoms with Crippen LogP contribution >= 0.6 is 0 Å². The molecule has 0 aromatic heterocycles. The highest BCUT2D eigenvalue weighted by atomic mass is 19.1. The first-order valence-corrected chi connectivity index (χ1v) is 6.83. The Morgan fingerprint density at radius 2 is 2.05 bits per heavy atom. The lowest BCUT2D eigenvalue weighted by Crippen LogP contribution is -2.20. The van der Waals surface area contributed by atoms with Gasteiger partial charge in [-0.15, -0.1) is 0 Å². The molecule has 0 radical (unpaired) electrons. The molecule has 1 aliphatic carbocycles. The van der Waals surface area contributed by atoms with Crippen LogP contribution in [0.5, 0.6) is 0 Å². The average molecular weight is 265 g/mol. The highest BCUT2D eigenvalue weighted by Gasteiger charge is 2.18. The second kappa shape index (κ2) is 6.04. The predicted octanol–water partition coefficient (Wildman–Crippen LogP) is 3.76. The maximum atomic E-state index is 13.7. The van der Waals surface area contributed by atoms with E-state index in [1.807, 2.05) is 0 Å². The summed E-state index contributed by atoms with van der Waals surface area (Å²) in [5.41, 5.74) is 0.373. The first-order chi connectivity index (χ1) is 9.06. The highest BCUT2D eigenvalue weighted by Crippen LogP contribution is 2.28. The Hall–Kier alpha value is -1.58. The van der Waals surface area contributed by atoms with Gasteiger partial charge in [0.15, 0.2) is 0 Å². The maximum absolute atomic E-state index is 13.7. The van der Waals surface area contributed by atoms with Crippen LogP contribution in [0.3, 0.4) is 0 Å². The molecule has 0 unspecified atom stereocenters. The standard InChI is InChI=1S/C15H20FNO2/c1-10-2-4-11(5-3-10)9-17-14-7-6-12(15(18)19)8-13(14)16/h6-8,10-11,17H,2-5,9H2,1H3,(H,18,19). The van der Waals surface area contributed by atoms with Crippen LogP contribution in [0, 0.1) is 17.7 Å². The number of carbonyl (C=O) groups is 1. The molecule has 0 aliphatic heterocycles. The summed E-state index contributed by atoms with van der Waals surface area (Å²) in [6.07, 6.45) is 4.85. The fraction of sp³-hybridized carbons (Fsp3) is 0.533. The summed E-state index contributed by atoms with van der Waals surface area (Å²) in [4.78, 5) is 10.7. The van der Waals surface area contributed by atoms with Crippen molar-refractivity contribution < 1.29 is 14.3 Å². The van der Waals surface area contributed by atoms with Crippen molar-refractivity contribution in [3.05, 3.63) is 29.6 Å². The van der Waals surface area contributed by atoms with Crippen molar-refractivity contribution in [2.75, 3.05) is 11.9 Å². The Morgan fingerprint density at radius 3 is 2.63 bits per heavy atom. The topological polar surface area (TPSA) is 49.3 Å². The van der Waals surface area contributed by atoms with Gasteiger partial charge in [0.05, 0.1) is 11.3 Å². The van der Waals surface area contributed by atoms with E-state index in [2.05, 4.69) is 12.2 Å². The Balaban J connectivity index is 1.91. The molecule has 0 atom stereocenters. The largest absolute Gasteiger partial charge is 0.478 e. The average Bonchev–Trinajstić information content (AvgIpc) is 2.39. The lowest BCUT2D eigenvalue weighted by molar-refractivity contribution is 0.0696. The number of carboxylic acid groups (broad SMARTS) is 1. The number of rotatable bonds is 4. The highest BCUT2D eigenvalue weighted by molar-refractivity contribution is 5.88. The molecule has 1 saturated carbocycles. The summed E-state index contributed by atoms with van der Waals surface area (Å²) in [5, 5.41) is 11.9. The Kier molecular flexibility index (Phi) is 4.40. The Bertz CT molecular complexity index is 453. The second-order valence-corrected chi connectivity index (χ2v) is 5.51. The van der Waals surface area contributed by atoms with E-state index in [0.29, 0.717) is 11.6 Å². The van der Waals surface area contributed by atoms with Crippen LogP contribution in [0.2, 0.25) is 0 Å². The Labute approximate surface area is 112 Å². The summed E-state index contributed by atoms with van der Waals surface area (Å²) in [7, 11) is 0. The van der Waals surface area contributed by atoms with E-state index < -0.39 is 11.8 Å². The third-order valence-electron chi connectivity index (χ3n) is 3.93. The van der Waals surface area contributed by atoms with Gasteiger partial charge in [-0.25, -0.2) is 9.18 Å². The van der Waals surface area contributed by atoms with Crippen LogP contribution in [0.15, 0.2) is 18.2 Å². The van der Waals surface area contributed by atoms with E-state index >= 15 is 0 Å². The molecule has 0 heterocycles. The van der Waals surface area contributed by atoms with E-state index in [4.69, 9.17) is 5.11 Å². The van der Waals surface area contributed by atoms with Crippen LogP contribution in [0.4, 0.5) is 10.1 Å². The van der Waals surface area contributed by atoms with Gasteiger partial charge in [-0.05, 0) is 42.9 Å². The third kappa shape index (κ3) is 3.69. The van der Waals surface area contributed by atoms with Gasteiger partial charge < -0.3 is 10.4 Å². The van der Waals surface area contributed by atoms with Gasteiger partial charge in [-0.1, -0.05) is 19.8 Å². The Morgan fingerprint density at radius 1 is 1.37 bits per heavy atom. The molecule has 2 N–H and O–H groups in total. The van der Waals surface area contributed by atoms with Crippen LogP contribution < -0.4 is 5.32 Å². The summed E-state index contributed by atoms with van der Waals surface area (Å²) < 4.78 is 13.7. The van der Waals surface area contributed by atoms with Crippen LogP contribution in [0.1, 0.15) is 43.0 Å². The predicted molar refractivity (Wildman–Crippen MR) is 73.0 cm³/mol. The number of hydrogen-bond donors (Lipinski definition) is 2. The van der Waals surface area contributed by atoms with E-state index in [9.17, 15) is 9.18 Å². The van der Waals surface area contributed by atoms with E-state index in [0.717, 1.165) is 18.5 Å². The molecule has 2 rings (SSSR count). The molecule has 0 bridgehead atoms. The molecular weight excluding hydrogens is 245 g/mol. The van der Waals surface area contributed by atoms with Crippen molar-refractivity contribution in [1.29, 1.82) is 0 Å². The first-order valence-electron chi connectivity index (χ1n) is 6.83. The minimum Gasteiger partial charge on any atom is -0.478 e. The van der Waals surface area contributed by atoms with Gasteiger partial charge in [-0.2, -0.15) is 0 Å². The van der Waals surface area contributed by atoms with Crippen molar-refractivity contribution >= 4 is 11.7 Å². The van der Waals surface area contributed by atoms with Crippen molar-refractivity contribution in [2.24, 2.45) is 11.8 Å². The number of anilines is 1. The van der Waals surface area contributed by atoms with Crippen molar-refractivity contribution in [2.45, 2.75) is 32.6 Å². The smallest absolute Gasteiger partial charge is 0.335 e. The van der Waals surface area contributed by atoms with Crippen LogP contribution in [0.25, 0.3) is 0 Å². The van der Waals surface area contributed by atoms with Crippen molar-refractivity contribution in [3.63, 3.8) is 0 Å². The van der Waals surface area contributed by atoms with Gasteiger partial charge >= 0.3 is 5.97 Å². The quantitative estimate of drug-likeness (QED) is 0.871. The molecule has 3 nitrogen and oxygen atoms in total. The zero-order chi connectivity index (χ0) is 13.8. The summed E-state index contributed by atoms with van der Waals surface area (Å²) >= 11 is 0. The van der Waals surface area contributed by atoms with Gasteiger partial charge in [0, 0.05) is 6.54 Å². The minimum absolute atomic E-state index is 0.0189. The first kappa shape index (κ1) is 13.8.